The van der Waals surface area contributed by atoms with Gasteiger partial charge in [0.2, 0.25) is 17.7 Å². The zero-order valence-electron chi connectivity index (χ0n) is 22.2. The number of amides is 3. The summed E-state index contributed by atoms with van der Waals surface area (Å²) in [5.74, 6) is -1.40. The zero-order valence-corrected chi connectivity index (χ0v) is 22.2. The van der Waals surface area contributed by atoms with Gasteiger partial charge < -0.3 is 25.7 Å². The molecule has 38 heavy (non-hydrogen) atoms. The van der Waals surface area contributed by atoms with E-state index in [9.17, 15) is 14.4 Å². The molecule has 2 atom stereocenters. The van der Waals surface area contributed by atoms with Crippen LogP contribution in [0.1, 0.15) is 44.0 Å². The number of hydrogen-bond donors (Lipinski definition) is 3. The molecule has 202 valence electrons. The molecule has 0 bridgehead atoms. The lowest BCUT2D eigenvalue weighted by Gasteiger charge is -2.24. The van der Waals surface area contributed by atoms with E-state index in [0.29, 0.717) is 12.3 Å². The van der Waals surface area contributed by atoms with Crippen LogP contribution in [-0.2, 0) is 45.3 Å². The highest BCUT2D eigenvalue weighted by Crippen LogP contribution is 2.18. The molecule has 9 heteroatoms. The fourth-order valence-electron chi connectivity index (χ4n) is 3.96. The normalized spacial score (nSPS) is 12.9. The van der Waals surface area contributed by atoms with E-state index in [1.807, 2.05) is 81.4 Å². The summed E-state index contributed by atoms with van der Waals surface area (Å²) in [5, 5.41) is 5.58. The van der Waals surface area contributed by atoms with Gasteiger partial charge in [-0.15, -0.1) is 0 Å². The third-order valence-corrected chi connectivity index (χ3v) is 5.84. The molecule has 0 saturated heterocycles. The third kappa shape index (κ3) is 9.48. The second-order valence-electron chi connectivity index (χ2n) is 10.5. The number of aromatic nitrogens is 2. The second kappa shape index (κ2) is 13.5. The quantitative estimate of drug-likeness (QED) is 0.320. The highest BCUT2D eigenvalue weighted by atomic mass is 16.5. The number of nitrogens with one attached hydrogen (secondary N) is 2. The lowest BCUT2D eigenvalue weighted by atomic mass is 9.91. The average molecular weight is 520 g/mol. The van der Waals surface area contributed by atoms with Gasteiger partial charge in [0, 0.05) is 31.2 Å². The van der Waals surface area contributed by atoms with Crippen LogP contribution in [0.25, 0.3) is 0 Å². The van der Waals surface area contributed by atoms with E-state index >= 15 is 0 Å². The Bertz CT molecular complexity index is 1190. The highest BCUT2D eigenvalue weighted by Gasteiger charge is 2.28. The first-order chi connectivity index (χ1) is 18.1. The number of hydrogen-bond acceptors (Lipinski definition) is 5. The molecule has 0 aliphatic carbocycles. The Hall–Kier alpha value is -3.98. The first-order valence-corrected chi connectivity index (χ1v) is 12.6. The van der Waals surface area contributed by atoms with Crippen molar-refractivity contribution in [2.75, 3.05) is 0 Å². The monoisotopic (exact) mass is 519 g/mol. The number of primary amides is 1. The maximum absolute atomic E-state index is 13.3. The van der Waals surface area contributed by atoms with Crippen LogP contribution in [0.5, 0.6) is 0 Å². The average Bonchev–Trinajstić information content (AvgIpc) is 3.30. The van der Waals surface area contributed by atoms with Crippen LogP contribution < -0.4 is 16.4 Å². The van der Waals surface area contributed by atoms with E-state index in [1.165, 1.54) is 0 Å². The molecule has 0 fully saturated rings. The summed E-state index contributed by atoms with van der Waals surface area (Å²) in [4.78, 5) is 42.5. The maximum atomic E-state index is 13.3. The molecule has 3 amide bonds. The van der Waals surface area contributed by atoms with Crippen LogP contribution in [0.15, 0.2) is 73.2 Å². The Morgan fingerprint density at radius 3 is 2.16 bits per heavy atom. The molecule has 0 spiro atoms. The summed E-state index contributed by atoms with van der Waals surface area (Å²) >= 11 is 0. The van der Waals surface area contributed by atoms with Crippen LogP contribution in [0, 0.1) is 5.41 Å². The van der Waals surface area contributed by atoms with Gasteiger partial charge in [0.15, 0.2) is 0 Å². The van der Waals surface area contributed by atoms with Gasteiger partial charge in [-0.05, 0) is 16.5 Å². The van der Waals surface area contributed by atoms with E-state index in [4.69, 9.17) is 10.5 Å². The lowest BCUT2D eigenvalue weighted by Crippen LogP contribution is -2.54. The van der Waals surface area contributed by atoms with Crippen molar-refractivity contribution in [2.45, 2.75) is 65.5 Å². The summed E-state index contributed by atoms with van der Waals surface area (Å²) < 4.78 is 7.55. The molecule has 9 nitrogen and oxygen atoms in total. The SMILES string of the molecule is CC(C)(C)CC(=O)N[C@@H](Cc1ccccc1)C(=O)N[C@@H](Cc1cncn1COCc1ccccc1)C(N)=O. The van der Waals surface area contributed by atoms with Gasteiger partial charge in [-0.25, -0.2) is 4.98 Å². The fraction of sp³-hybridized carbons (Fsp3) is 0.379. The van der Waals surface area contributed by atoms with Crippen LogP contribution >= 0.6 is 0 Å². The second-order valence-corrected chi connectivity index (χ2v) is 10.5. The number of ether oxygens (including phenoxy) is 1. The molecule has 3 rings (SSSR count). The molecule has 3 aromatic rings. The van der Waals surface area contributed by atoms with Crippen molar-refractivity contribution in [3.05, 3.63) is 90.0 Å². The minimum atomic E-state index is -0.995. The number of carbonyl (C=O) groups excluding carboxylic acids is 3. The van der Waals surface area contributed by atoms with E-state index in [-0.39, 0.29) is 37.3 Å². The Morgan fingerprint density at radius 1 is 0.921 bits per heavy atom. The smallest absolute Gasteiger partial charge is 0.243 e. The number of rotatable bonds is 13. The first-order valence-electron chi connectivity index (χ1n) is 12.6. The summed E-state index contributed by atoms with van der Waals surface area (Å²) in [6, 6.07) is 17.3. The Balaban J connectivity index is 1.67. The number of nitrogens with two attached hydrogens (primary N) is 1. The van der Waals surface area contributed by atoms with E-state index < -0.39 is 23.9 Å². The van der Waals surface area contributed by atoms with Gasteiger partial charge in [-0.3, -0.25) is 14.4 Å². The molecule has 0 unspecified atom stereocenters. The number of imidazole rings is 1. The van der Waals surface area contributed by atoms with E-state index in [0.717, 1.165) is 11.1 Å². The Kier molecular flexibility index (Phi) is 10.2. The maximum Gasteiger partial charge on any atom is 0.243 e. The number of benzene rings is 2. The summed E-state index contributed by atoms with van der Waals surface area (Å²) in [6.45, 7) is 6.51. The predicted octanol–water partition coefficient (Wildman–Crippen LogP) is 2.73. The Labute approximate surface area is 223 Å². The van der Waals surface area contributed by atoms with Crippen molar-refractivity contribution in [2.24, 2.45) is 11.1 Å². The minimum absolute atomic E-state index is 0.129. The molecule has 2 aromatic carbocycles. The molecule has 0 aliphatic heterocycles. The molecule has 0 saturated carbocycles. The van der Waals surface area contributed by atoms with E-state index in [1.54, 1.807) is 17.1 Å². The molecular weight excluding hydrogens is 482 g/mol. The van der Waals surface area contributed by atoms with Crippen LogP contribution in [0.3, 0.4) is 0 Å². The van der Waals surface area contributed by atoms with Gasteiger partial charge >= 0.3 is 0 Å². The van der Waals surface area contributed by atoms with Crippen molar-refractivity contribution < 1.29 is 19.1 Å². The third-order valence-electron chi connectivity index (χ3n) is 5.84. The summed E-state index contributed by atoms with van der Waals surface area (Å²) in [5.41, 5.74) is 8.02. The predicted molar refractivity (Wildman–Crippen MR) is 144 cm³/mol. The van der Waals surface area contributed by atoms with Crippen molar-refractivity contribution in [3.8, 4) is 0 Å². The van der Waals surface area contributed by atoms with Crippen molar-refractivity contribution in [3.63, 3.8) is 0 Å². The summed E-state index contributed by atoms with van der Waals surface area (Å²) in [7, 11) is 0. The van der Waals surface area contributed by atoms with Gasteiger partial charge in [0.25, 0.3) is 0 Å². The lowest BCUT2D eigenvalue weighted by molar-refractivity contribution is -0.131. The zero-order chi connectivity index (χ0) is 27.5. The first kappa shape index (κ1) is 28.6. The molecule has 0 radical (unpaired) electrons. The van der Waals surface area contributed by atoms with Crippen molar-refractivity contribution in [1.82, 2.24) is 20.2 Å². The number of nitrogens with zero attached hydrogens (tertiary/aromatic N) is 2. The topological polar surface area (TPSA) is 128 Å². The van der Waals surface area contributed by atoms with Crippen molar-refractivity contribution in [1.29, 1.82) is 0 Å². The van der Waals surface area contributed by atoms with Crippen LogP contribution in [0.4, 0.5) is 0 Å². The van der Waals surface area contributed by atoms with Gasteiger partial charge in [0.05, 0.1) is 12.9 Å². The molecule has 1 aromatic heterocycles. The largest absolute Gasteiger partial charge is 0.368 e. The fourth-order valence-corrected chi connectivity index (χ4v) is 3.96. The van der Waals surface area contributed by atoms with Gasteiger partial charge in [0.1, 0.15) is 18.8 Å². The molecular formula is C29H37N5O4. The highest BCUT2D eigenvalue weighted by molar-refractivity contribution is 5.92. The molecule has 4 N–H and O–H groups in total. The minimum Gasteiger partial charge on any atom is -0.368 e. The Morgan fingerprint density at radius 2 is 1.55 bits per heavy atom. The number of carbonyl (C=O) groups is 3. The standard InChI is InChI=1S/C29H37N5O4/c1-29(2,3)16-26(35)32-25(14-21-10-6-4-7-11-21)28(37)33-24(27(30)36)15-23-17-31-19-34(23)20-38-18-22-12-8-5-9-13-22/h4-13,17,19,24-25H,14-16,18,20H2,1-3H3,(H2,30,36)(H,32,35)(H,33,37)/t24-,25-/m0/s1. The van der Waals surface area contributed by atoms with E-state index in [2.05, 4.69) is 15.6 Å². The summed E-state index contributed by atoms with van der Waals surface area (Å²) in [6.07, 6.45) is 3.88. The molecule has 0 aliphatic rings. The van der Waals surface area contributed by atoms with Crippen LogP contribution in [-0.4, -0.2) is 39.4 Å². The van der Waals surface area contributed by atoms with Crippen LogP contribution in [0.2, 0.25) is 0 Å². The van der Waals surface area contributed by atoms with Gasteiger partial charge in [-0.1, -0.05) is 81.4 Å². The van der Waals surface area contributed by atoms with Crippen molar-refractivity contribution >= 4 is 17.7 Å². The van der Waals surface area contributed by atoms with Gasteiger partial charge in [-0.2, -0.15) is 0 Å². The molecule has 1 heterocycles.